The molecule has 0 bridgehead atoms. The Morgan fingerprint density at radius 3 is 2.57 bits per heavy atom. The van der Waals surface area contributed by atoms with Crippen LogP contribution in [0.4, 0.5) is 0 Å². The summed E-state index contributed by atoms with van der Waals surface area (Å²) in [7, 11) is 0. The predicted molar refractivity (Wildman–Crippen MR) is 123 cm³/mol. The number of hydrogen-bond donors (Lipinski definition) is 2. The minimum Gasteiger partial charge on any atom is -0.504 e. The van der Waals surface area contributed by atoms with Crippen LogP contribution in [0.15, 0.2) is 46.4 Å². The third-order valence-electron chi connectivity index (χ3n) is 6.29. The molecule has 4 nitrogen and oxygen atoms in total. The van der Waals surface area contributed by atoms with Crippen LogP contribution in [0.25, 0.3) is 0 Å². The molecule has 0 saturated carbocycles. The van der Waals surface area contributed by atoms with Crippen molar-refractivity contribution in [3.05, 3.63) is 46.4 Å². The Kier molecular flexibility index (Phi) is 8.69. The largest absolute Gasteiger partial charge is 0.504 e. The number of aliphatic hydroxyl groups is 1. The van der Waals surface area contributed by atoms with Crippen molar-refractivity contribution in [2.24, 2.45) is 17.8 Å². The van der Waals surface area contributed by atoms with E-state index in [0.29, 0.717) is 30.2 Å². The second kappa shape index (κ2) is 10.8. The molecule has 0 aromatic carbocycles. The minimum atomic E-state index is -0.384. The highest BCUT2D eigenvalue weighted by Crippen LogP contribution is 2.41. The molecule has 2 aliphatic carbocycles. The first-order chi connectivity index (χ1) is 14.2. The highest BCUT2D eigenvalue weighted by atomic mass is 16.3. The van der Waals surface area contributed by atoms with E-state index >= 15 is 0 Å². The third-order valence-corrected chi connectivity index (χ3v) is 6.29. The molecule has 0 aromatic rings. The van der Waals surface area contributed by atoms with Crippen molar-refractivity contribution in [2.45, 2.75) is 79.6 Å². The van der Waals surface area contributed by atoms with E-state index < -0.39 is 0 Å². The van der Waals surface area contributed by atoms with Crippen LogP contribution in [0, 0.1) is 17.8 Å². The van der Waals surface area contributed by atoms with Crippen molar-refractivity contribution in [3.8, 4) is 0 Å². The molecule has 30 heavy (non-hydrogen) atoms. The van der Waals surface area contributed by atoms with E-state index in [1.54, 1.807) is 0 Å². The highest BCUT2D eigenvalue weighted by molar-refractivity contribution is 6.24. The number of allylic oxidation sites excluding steroid dienone is 5. The molecule has 0 amide bonds. The number of unbranched alkanes of at least 4 members (excludes halogenated alkanes) is 2. The lowest BCUT2D eigenvalue weighted by molar-refractivity contribution is -0.119. The normalized spacial score (nSPS) is 22.7. The zero-order valence-corrected chi connectivity index (χ0v) is 19.4. The van der Waals surface area contributed by atoms with Crippen LogP contribution in [0.5, 0.6) is 0 Å². The number of hydrogen-bond acceptors (Lipinski definition) is 4. The molecule has 2 N–H and O–H groups in total. The van der Waals surface area contributed by atoms with Crippen molar-refractivity contribution in [2.75, 3.05) is 6.54 Å². The lowest BCUT2D eigenvalue weighted by Gasteiger charge is -2.34. The van der Waals surface area contributed by atoms with E-state index in [4.69, 9.17) is 0 Å². The van der Waals surface area contributed by atoms with E-state index in [-0.39, 0.29) is 34.7 Å². The summed E-state index contributed by atoms with van der Waals surface area (Å²) in [5, 5.41) is 14.2. The molecule has 0 aromatic heterocycles. The van der Waals surface area contributed by atoms with Gasteiger partial charge in [0.2, 0.25) is 11.6 Å². The molecule has 2 aliphatic rings. The zero-order chi connectivity index (χ0) is 22.4. The SMILES string of the molecule is C=C(C)C1CCC(C)=C[C@H]1C1=C(O)C(=O)C(CCCCC)=C(NCCC(C)C)C1=O. The number of rotatable bonds is 10. The molecule has 1 unspecified atom stereocenters. The van der Waals surface area contributed by atoms with Crippen molar-refractivity contribution >= 4 is 11.6 Å². The molecule has 0 radical (unpaired) electrons. The van der Waals surface area contributed by atoms with E-state index in [1.165, 1.54) is 5.57 Å². The molecule has 0 spiro atoms. The van der Waals surface area contributed by atoms with Crippen LogP contribution in [-0.2, 0) is 9.59 Å². The van der Waals surface area contributed by atoms with Gasteiger partial charge in [-0.1, -0.05) is 57.4 Å². The fourth-order valence-electron chi connectivity index (χ4n) is 4.44. The van der Waals surface area contributed by atoms with E-state index in [0.717, 1.165) is 44.1 Å². The number of ketones is 2. The quantitative estimate of drug-likeness (QED) is 0.263. The van der Waals surface area contributed by atoms with E-state index in [1.807, 2.05) is 19.9 Å². The molecule has 4 heteroatoms. The molecule has 2 atom stereocenters. The molecule has 166 valence electrons. The Hall–Kier alpha value is -2.10. The molecule has 0 aliphatic heterocycles. The van der Waals surface area contributed by atoms with Gasteiger partial charge in [-0.3, -0.25) is 9.59 Å². The summed E-state index contributed by atoms with van der Waals surface area (Å²) in [5.74, 6) is -0.707. The third kappa shape index (κ3) is 5.53. The smallest absolute Gasteiger partial charge is 0.225 e. The van der Waals surface area contributed by atoms with Gasteiger partial charge >= 0.3 is 0 Å². The predicted octanol–water partition coefficient (Wildman–Crippen LogP) is 5.97. The highest BCUT2D eigenvalue weighted by Gasteiger charge is 2.40. The maximum atomic E-state index is 13.6. The average Bonchev–Trinajstić information content (AvgIpc) is 2.67. The summed E-state index contributed by atoms with van der Waals surface area (Å²) in [6, 6.07) is 0. The maximum absolute atomic E-state index is 13.6. The summed E-state index contributed by atoms with van der Waals surface area (Å²) in [6.45, 7) is 15.1. The zero-order valence-electron chi connectivity index (χ0n) is 19.4. The van der Waals surface area contributed by atoms with Crippen LogP contribution in [0.2, 0.25) is 0 Å². The number of nitrogens with one attached hydrogen (secondary N) is 1. The summed E-state index contributed by atoms with van der Waals surface area (Å²) < 4.78 is 0. The van der Waals surface area contributed by atoms with Crippen LogP contribution < -0.4 is 5.32 Å². The summed E-state index contributed by atoms with van der Waals surface area (Å²) in [5.41, 5.74) is 3.27. The Morgan fingerprint density at radius 2 is 1.97 bits per heavy atom. The Morgan fingerprint density at radius 1 is 1.27 bits per heavy atom. The van der Waals surface area contributed by atoms with Crippen LogP contribution in [-0.4, -0.2) is 23.2 Å². The second-order valence-corrected chi connectivity index (χ2v) is 9.37. The summed E-state index contributed by atoms with van der Waals surface area (Å²) in [4.78, 5) is 26.8. The number of aliphatic hydroxyl groups excluding tert-OH is 1. The molecular formula is C26H39NO3. The van der Waals surface area contributed by atoms with Crippen LogP contribution in [0.1, 0.15) is 79.6 Å². The number of Topliss-reactive ketones (excluding diaryl/α,β-unsaturated/α-hetero) is 2. The van der Waals surface area contributed by atoms with Gasteiger partial charge in [0.05, 0.1) is 11.3 Å². The molecule has 0 saturated heterocycles. The second-order valence-electron chi connectivity index (χ2n) is 9.37. The maximum Gasteiger partial charge on any atom is 0.225 e. The minimum absolute atomic E-state index is 0.0566. The van der Waals surface area contributed by atoms with Gasteiger partial charge in [-0.2, -0.15) is 0 Å². The fraction of sp³-hybridized carbons (Fsp3) is 0.615. The van der Waals surface area contributed by atoms with Crippen molar-refractivity contribution in [3.63, 3.8) is 0 Å². The lowest BCUT2D eigenvalue weighted by atomic mass is 9.70. The Labute approximate surface area is 182 Å². The van der Waals surface area contributed by atoms with Gasteiger partial charge in [-0.15, -0.1) is 0 Å². The summed E-state index contributed by atoms with van der Waals surface area (Å²) >= 11 is 0. The Bertz CT molecular complexity index is 782. The standard InChI is InChI=1S/C26H39NO3/c1-7-8-9-10-20-23(27-14-13-16(2)3)25(29)22(26(30)24(20)28)21-15-18(6)11-12-19(21)17(4)5/h15-16,19,21,27,30H,4,7-14H2,1-3,5-6H3/t19?,21-/m1/s1. The monoisotopic (exact) mass is 413 g/mol. The van der Waals surface area contributed by atoms with Gasteiger partial charge in [0.15, 0.2) is 5.76 Å². The molecule has 2 rings (SSSR count). The molecular weight excluding hydrogens is 374 g/mol. The molecule has 0 fully saturated rings. The first-order valence-electron chi connectivity index (χ1n) is 11.5. The average molecular weight is 414 g/mol. The molecule has 0 heterocycles. The van der Waals surface area contributed by atoms with Gasteiger partial charge in [-0.25, -0.2) is 0 Å². The first-order valence-corrected chi connectivity index (χ1v) is 11.5. The topological polar surface area (TPSA) is 66.4 Å². The lowest BCUT2D eigenvalue weighted by Crippen LogP contribution is -2.37. The van der Waals surface area contributed by atoms with Crippen LogP contribution >= 0.6 is 0 Å². The Balaban J connectivity index is 2.45. The number of carbonyl (C=O) groups excluding carboxylic acids is 2. The van der Waals surface area contributed by atoms with Crippen LogP contribution in [0.3, 0.4) is 0 Å². The van der Waals surface area contributed by atoms with Gasteiger partial charge in [0, 0.05) is 18.0 Å². The van der Waals surface area contributed by atoms with Gasteiger partial charge in [0.1, 0.15) is 0 Å². The first kappa shape index (κ1) is 24.2. The van der Waals surface area contributed by atoms with Gasteiger partial charge < -0.3 is 10.4 Å². The van der Waals surface area contributed by atoms with Crippen molar-refractivity contribution in [1.82, 2.24) is 5.32 Å². The van der Waals surface area contributed by atoms with Crippen molar-refractivity contribution < 1.29 is 14.7 Å². The van der Waals surface area contributed by atoms with Crippen molar-refractivity contribution in [1.29, 1.82) is 0 Å². The fourth-order valence-corrected chi connectivity index (χ4v) is 4.44. The van der Waals surface area contributed by atoms with Gasteiger partial charge in [0.25, 0.3) is 0 Å². The van der Waals surface area contributed by atoms with E-state index in [9.17, 15) is 14.7 Å². The van der Waals surface area contributed by atoms with Gasteiger partial charge in [-0.05, 0) is 57.8 Å². The van der Waals surface area contributed by atoms with E-state index in [2.05, 4.69) is 32.7 Å². The number of carbonyl (C=O) groups is 2. The summed E-state index contributed by atoms with van der Waals surface area (Å²) in [6.07, 6.45) is 8.16.